The van der Waals surface area contributed by atoms with Gasteiger partial charge in [-0.05, 0) is 24.3 Å². The Morgan fingerprint density at radius 3 is 2.36 bits per heavy atom. The van der Waals surface area contributed by atoms with E-state index in [0.29, 0.717) is 30.3 Å². The Morgan fingerprint density at radius 2 is 1.67 bits per heavy atom. The quantitative estimate of drug-likeness (QED) is 0.649. The van der Waals surface area contributed by atoms with Crippen molar-refractivity contribution in [3.63, 3.8) is 0 Å². The summed E-state index contributed by atoms with van der Waals surface area (Å²) in [5.74, 6) is 1.26. The Bertz CT molecular complexity index is 1240. The molecule has 0 unspecified atom stereocenters. The molecule has 0 spiro atoms. The van der Waals surface area contributed by atoms with Crippen LogP contribution in [0.3, 0.4) is 0 Å². The minimum Gasteiger partial charge on any atom is -0.497 e. The normalized spacial score (nSPS) is 17.8. The van der Waals surface area contributed by atoms with Gasteiger partial charge < -0.3 is 14.8 Å². The van der Waals surface area contributed by atoms with Crippen molar-refractivity contribution in [2.45, 2.75) is 6.04 Å². The lowest BCUT2D eigenvalue weighted by atomic mass is 9.91. The van der Waals surface area contributed by atoms with Crippen LogP contribution < -0.4 is 19.7 Å². The van der Waals surface area contributed by atoms with Gasteiger partial charge in [-0.2, -0.15) is 0 Å². The number of methoxy groups -OCH3 is 2. The molecule has 0 bridgehead atoms. The average molecular weight is 440 g/mol. The molecule has 2 aliphatic rings. The number of aliphatic imine (C=N–C) groups is 1. The molecule has 5 rings (SSSR count). The topological polar surface area (TPSA) is 63.2 Å². The van der Waals surface area contributed by atoms with Gasteiger partial charge in [0, 0.05) is 35.0 Å². The average Bonchev–Trinajstić information content (AvgIpc) is 3.01. The van der Waals surface area contributed by atoms with Gasteiger partial charge in [-0.3, -0.25) is 14.7 Å². The van der Waals surface area contributed by atoms with Crippen molar-refractivity contribution in [2.75, 3.05) is 32.2 Å². The van der Waals surface area contributed by atoms with E-state index in [1.54, 1.807) is 14.2 Å². The highest BCUT2D eigenvalue weighted by molar-refractivity contribution is 6.23. The van der Waals surface area contributed by atoms with Gasteiger partial charge in [-0.25, -0.2) is 0 Å². The third kappa shape index (κ3) is 3.63. The molecular weight excluding hydrogens is 414 g/mol. The number of hydrogen-bond acceptors (Lipinski definition) is 5. The third-order valence-electron chi connectivity index (χ3n) is 5.99. The zero-order chi connectivity index (χ0) is 22.8. The van der Waals surface area contributed by atoms with Crippen molar-refractivity contribution < 1.29 is 14.3 Å². The molecule has 3 aromatic carbocycles. The summed E-state index contributed by atoms with van der Waals surface area (Å²) >= 11 is 0. The van der Waals surface area contributed by atoms with Gasteiger partial charge in [0.05, 0.1) is 32.5 Å². The second kappa shape index (κ2) is 8.82. The molecule has 1 N–H and O–H groups in total. The Balaban J connectivity index is 1.76. The summed E-state index contributed by atoms with van der Waals surface area (Å²) in [5.41, 5.74) is 4.93. The summed E-state index contributed by atoms with van der Waals surface area (Å²) in [5, 5.41) is 3.36. The van der Waals surface area contributed by atoms with Crippen LogP contribution in [-0.4, -0.2) is 38.9 Å². The maximum absolute atomic E-state index is 13.9. The second-order valence-corrected chi connectivity index (χ2v) is 7.83. The standard InChI is InChI=1S/C27H25N3O3/c1-32-20-13-14-21(22(17-20)33-2)26-23-24(18-9-5-3-6-10-18)28-15-16-29-25(23)27(31)30(26)19-11-7-4-8-12-19/h3-14,17,26,29H,15-16H2,1-2H3/t26-/m1/s1. The van der Waals surface area contributed by atoms with Crippen LogP contribution in [-0.2, 0) is 4.79 Å². The van der Waals surface area contributed by atoms with Crippen LogP contribution >= 0.6 is 0 Å². The fourth-order valence-electron chi connectivity index (χ4n) is 4.51. The largest absolute Gasteiger partial charge is 0.497 e. The van der Waals surface area contributed by atoms with Crippen LogP contribution in [0.1, 0.15) is 17.2 Å². The number of carbonyl (C=O) groups is 1. The van der Waals surface area contributed by atoms with E-state index in [4.69, 9.17) is 14.5 Å². The highest BCUT2D eigenvalue weighted by atomic mass is 16.5. The molecule has 6 nitrogen and oxygen atoms in total. The maximum Gasteiger partial charge on any atom is 0.275 e. The molecule has 6 heteroatoms. The van der Waals surface area contributed by atoms with Gasteiger partial charge in [0.25, 0.3) is 5.91 Å². The lowest BCUT2D eigenvalue weighted by Gasteiger charge is -2.29. The van der Waals surface area contributed by atoms with Gasteiger partial charge >= 0.3 is 0 Å². The molecule has 166 valence electrons. The smallest absolute Gasteiger partial charge is 0.275 e. The fraction of sp³-hybridized carbons (Fsp3) is 0.185. The number of anilines is 1. The molecule has 3 aromatic rings. The predicted molar refractivity (Wildman–Crippen MR) is 129 cm³/mol. The first kappa shape index (κ1) is 20.8. The molecule has 0 aromatic heterocycles. The highest BCUT2D eigenvalue weighted by Crippen LogP contribution is 2.46. The molecule has 2 aliphatic heterocycles. The SMILES string of the molecule is COc1ccc([C@@H]2C3=C(NCCN=C3c3ccccc3)C(=O)N2c2ccccc2)c(OC)c1. The minimum absolute atomic E-state index is 0.0791. The van der Waals surface area contributed by atoms with Gasteiger partial charge in [-0.15, -0.1) is 0 Å². The number of rotatable bonds is 5. The van der Waals surface area contributed by atoms with Crippen molar-refractivity contribution in [2.24, 2.45) is 4.99 Å². The van der Waals surface area contributed by atoms with Crippen molar-refractivity contribution in [3.8, 4) is 11.5 Å². The van der Waals surface area contributed by atoms with Crippen molar-refractivity contribution in [3.05, 3.63) is 101 Å². The number of nitrogens with one attached hydrogen (secondary N) is 1. The molecule has 0 saturated carbocycles. The van der Waals surface area contributed by atoms with Crippen LogP contribution in [0.2, 0.25) is 0 Å². The number of para-hydroxylation sites is 1. The molecule has 0 aliphatic carbocycles. The van der Waals surface area contributed by atoms with Crippen molar-refractivity contribution >= 4 is 17.3 Å². The summed E-state index contributed by atoms with van der Waals surface area (Å²) in [6, 6.07) is 25.1. The summed E-state index contributed by atoms with van der Waals surface area (Å²) < 4.78 is 11.2. The molecule has 1 atom stereocenters. The Labute approximate surface area is 193 Å². The summed E-state index contributed by atoms with van der Waals surface area (Å²) in [6.07, 6.45) is 0. The lowest BCUT2D eigenvalue weighted by molar-refractivity contribution is -0.115. The predicted octanol–water partition coefficient (Wildman–Crippen LogP) is 4.14. The van der Waals surface area contributed by atoms with E-state index in [1.165, 1.54) is 0 Å². The number of ether oxygens (including phenoxy) is 2. The first-order chi connectivity index (χ1) is 16.2. The van der Waals surface area contributed by atoms with E-state index >= 15 is 0 Å². The summed E-state index contributed by atoms with van der Waals surface area (Å²) in [6.45, 7) is 1.18. The van der Waals surface area contributed by atoms with Crippen LogP contribution in [0.25, 0.3) is 0 Å². The third-order valence-corrected chi connectivity index (χ3v) is 5.99. The van der Waals surface area contributed by atoms with E-state index in [-0.39, 0.29) is 5.91 Å². The van der Waals surface area contributed by atoms with Crippen molar-refractivity contribution in [1.29, 1.82) is 0 Å². The van der Waals surface area contributed by atoms with E-state index in [1.807, 2.05) is 83.8 Å². The summed E-state index contributed by atoms with van der Waals surface area (Å²) in [4.78, 5) is 20.6. The van der Waals surface area contributed by atoms with Crippen LogP contribution in [0.5, 0.6) is 11.5 Å². The first-order valence-corrected chi connectivity index (χ1v) is 10.9. The molecule has 33 heavy (non-hydrogen) atoms. The summed E-state index contributed by atoms with van der Waals surface area (Å²) in [7, 11) is 3.26. The second-order valence-electron chi connectivity index (χ2n) is 7.83. The maximum atomic E-state index is 13.9. The molecule has 0 fully saturated rings. The van der Waals surface area contributed by atoms with E-state index < -0.39 is 6.04 Å². The van der Waals surface area contributed by atoms with Crippen LogP contribution in [0.15, 0.2) is 95.1 Å². The van der Waals surface area contributed by atoms with E-state index in [9.17, 15) is 4.79 Å². The molecule has 0 saturated heterocycles. The van der Waals surface area contributed by atoms with Gasteiger partial charge in [0.2, 0.25) is 0 Å². The zero-order valence-corrected chi connectivity index (χ0v) is 18.6. The van der Waals surface area contributed by atoms with Gasteiger partial charge in [-0.1, -0.05) is 48.5 Å². The molecule has 0 radical (unpaired) electrons. The van der Waals surface area contributed by atoms with Crippen molar-refractivity contribution in [1.82, 2.24) is 5.32 Å². The van der Waals surface area contributed by atoms with Gasteiger partial charge in [0.15, 0.2) is 0 Å². The Morgan fingerprint density at radius 1 is 0.939 bits per heavy atom. The number of carbonyl (C=O) groups excluding carboxylic acids is 1. The fourth-order valence-corrected chi connectivity index (χ4v) is 4.51. The molecule has 2 heterocycles. The van der Waals surface area contributed by atoms with E-state index in [0.717, 1.165) is 28.1 Å². The molecule has 1 amide bonds. The number of amides is 1. The highest BCUT2D eigenvalue weighted by Gasteiger charge is 2.45. The van der Waals surface area contributed by atoms with Crippen LogP contribution in [0.4, 0.5) is 5.69 Å². The lowest BCUT2D eigenvalue weighted by Crippen LogP contribution is -2.33. The first-order valence-electron chi connectivity index (χ1n) is 10.9. The Kier molecular flexibility index (Phi) is 5.57. The van der Waals surface area contributed by atoms with Crippen LogP contribution in [0, 0.1) is 0 Å². The zero-order valence-electron chi connectivity index (χ0n) is 18.6. The monoisotopic (exact) mass is 439 g/mol. The number of nitrogens with zero attached hydrogens (tertiary/aromatic N) is 2. The van der Waals surface area contributed by atoms with Gasteiger partial charge in [0.1, 0.15) is 17.2 Å². The number of benzene rings is 3. The number of hydrogen-bond donors (Lipinski definition) is 1. The molecular formula is C27H25N3O3. The van der Waals surface area contributed by atoms with E-state index in [2.05, 4.69) is 5.32 Å². The Hall–Kier alpha value is -4.06. The minimum atomic E-state index is -0.416.